The fraction of sp³-hybridized carbons (Fsp3) is 0.391. The molecule has 1 atom stereocenters. The zero-order valence-electron chi connectivity index (χ0n) is 17.7. The number of carbonyl (C=O) groups is 2. The number of hydrogen-bond acceptors (Lipinski definition) is 3. The summed E-state index contributed by atoms with van der Waals surface area (Å²) in [5.74, 6) is 0.219. The third kappa shape index (κ3) is 7.20. The Morgan fingerprint density at radius 1 is 1.14 bits per heavy atom. The number of halogens is 1. The predicted octanol–water partition coefficient (Wildman–Crippen LogP) is 4.47. The largest absolute Gasteiger partial charge is 0.484 e. The molecule has 0 saturated heterocycles. The summed E-state index contributed by atoms with van der Waals surface area (Å²) < 4.78 is 6.66. The molecule has 0 heterocycles. The van der Waals surface area contributed by atoms with E-state index in [4.69, 9.17) is 4.74 Å². The Labute approximate surface area is 181 Å². The Kier molecular flexibility index (Phi) is 7.85. The molecule has 5 nitrogen and oxygen atoms in total. The molecule has 0 spiro atoms. The lowest BCUT2D eigenvalue weighted by Gasteiger charge is -2.31. The van der Waals surface area contributed by atoms with Gasteiger partial charge in [-0.15, -0.1) is 0 Å². The van der Waals surface area contributed by atoms with Crippen LogP contribution in [-0.4, -0.2) is 34.9 Å². The highest BCUT2D eigenvalue weighted by molar-refractivity contribution is 9.10. The van der Waals surface area contributed by atoms with Gasteiger partial charge in [0.15, 0.2) is 6.61 Å². The van der Waals surface area contributed by atoms with Crippen molar-refractivity contribution < 1.29 is 14.3 Å². The minimum atomic E-state index is -0.638. The number of nitrogens with zero attached hydrogens (tertiary/aromatic N) is 1. The quantitative estimate of drug-likeness (QED) is 0.662. The lowest BCUT2D eigenvalue weighted by Crippen LogP contribution is -2.53. The smallest absolute Gasteiger partial charge is 0.261 e. The zero-order valence-corrected chi connectivity index (χ0v) is 19.2. The number of para-hydroxylation sites is 1. The molecule has 0 fully saturated rings. The Bertz CT molecular complexity index is 861. The molecule has 0 aromatic heterocycles. The molecule has 0 aliphatic heterocycles. The second-order valence-electron chi connectivity index (χ2n) is 8.12. The van der Waals surface area contributed by atoms with Crippen molar-refractivity contribution >= 4 is 27.7 Å². The summed E-state index contributed by atoms with van der Waals surface area (Å²) in [7, 11) is 0. The van der Waals surface area contributed by atoms with Crippen molar-refractivity contribution in [1.29, 1.82) is 0 Å². The number of aryl methyl sites for hydroxylation is 1. The summed E-state index contributed by atoms with van der Waals surface area (Å²) in [4.78, 5) is 27.3. The number of benzene rings is 2. The van der Waals surface area contributed by atoms with Gasteiger partial charge in [-0.05, 0) is 63.9 Å². The monoisotopic (exact) mass is 460 g/mol. The van der Waals surface area contributed by atoms with Crippen LogP contribution in [0, 0.1) is 6.92 Å². The van der Waals surface area contributed by atoms with E-state index in [1.54, 1.807) is 11.8 Å². The van der Waals surface area contributed by atoms with E-state index < -0.39 is 6.04 Å². The molecule has 0 radical (unpaired) electrons. The molecular weight excluding hydrogens is 432 g/mol. The molecule has 0 aliphatic rings. The van der Waals surface area contributed by atoms with E-state index in [9.17, 15) is 9.59 Å². The summed E-state index contributed by atoms with van der Waals surface area (Å²) in [6, 6.07) is 14.6. The fourth-order valence-electron chi connectivity index (χ4n) is 2.83. The van der Waals surface area contributed by atoms with Crippen LogP contribution in [-0.2, 0) is 16.1 Å². The first-order chi connectivity index (χ1) is 13.6. The molecule has 2 rings (SSSR count). The van der Waals surface area contributed by atoms with Gasteiger partial charge in [0, 0.05) is 16.6 Å². The summed E-state index contributed by atoms with van der Waals surface area (Å²) in [6.45, 7) is 9.60. The van der Waals surface area contributed by atoms with Crippen LogP contribution >= 0.6 is 15.9 Å². The number of rotatable bonds is 7. The Morgan fingerprint density at radius 3 is 2.45 bits per heavy atom. The standard InChI is InChI=1S/C23H29BrN2O3/c1-16-9-6-7-12-20(16)29-15-21(27)26(14-18-10-8-11-19(24)13-18)17(2)22(28)25-23(3,4)5/h6-13,17H,14-15H2,1-5H3,(H,25,28). The van der Waals surface area contributed by atoms with Gasteiger partial charge in [-0.2, -0.15) is 0 Å². The molecular formula is C23H29BrN2O3. The van der Waals surface area contributed by atoms with Crippen molar-refractivity contribution in [2.45, 2.75) is 52.7 Å². The lowest BCUT2D eigenvalue weighted by molar-refractivity contribution is -0.142. The van der Waals surface area contributed by atoms with Gasteiger partial charge in [-0.1, -0.05) is 46.3 Å². The van der Waals surface area contributed by atoms with Crippen LogP contribution in [0.2, 0.25) is 0 Å². The lowest BCUT2D eigenvalue weighted by atomic mass is 10.1. The normalized spacial score (nSPS) is 12.2. The number of ether oxygens (including phenoxy) is 1. The van der Waals surface area contributed by atoms with Crippen LogP contribution in [0.15, 0.2) is 53.0 Å². The molecule has 0 saturated carbocycles. The first-order valence-electron chi connectivity index (χ1n) is 9.61. The molecule has 2 amide bonds. The van der Waals surface area contributed by atoms with Crippen LogP contribution in [0.5, 0.6) is 5.75 Å². The van der Waals surface area contributed by atoms with E-state index in [0.29, 0.717) is 12.3 Å². The van der Waals surface area contributed by atoms with E-state index in [2.05, 4.69) is 21.2 Å². The van der Waals surface area contributed by atoms with Gasteiger partial charge >= 0.3 is 0 Å². The van der Waals surface area contributed by atoms with Crippen LogP contribution < -0.4 is 10.1 Å². The number of carbonyl (C=O) groups excluding carboxylic acids is 2. The number of amides is 2. The third-order valence-corrected chi connectivity index (χ3v) is 4.85. The minimum Gasteiger partial charge on any atom is -0.484 e. The maximum absolute atomic E-state index is 13.0. The van der Waals surface area contributed by atoms with Gasteiger partial charge in [0.2, 0.25) is 5.91 Å². The van der Waals surface area contributed by atoms with Gasteiger partial charge in [0.25, 0.3) is 5.91 Å². The molecule has 0 aliphatic carbocycles. The highest BCUT2D eigenvalue weighted by Gasteiger charge is 2.28. The van der Waals surface area contributed by atoms with Crippen molar-refractivity contribution in [1.82, 2.24) is 10.2 Å². The minimum absolute atomic E-state index is 0.133. The van der Waals surface area contributed by atoms with E-state index >= 15 is 0 Å². The Hall–Kier alpha value is -2.34. The van der Waals surface area contributed by atoms with Crippen LogP contribution in [0.25, 0.3) is 0 Å². The first-order valence-corrected chi connectivity index (χ1v) is 10.4. The topological polar surface area (TPSA) is 58.6 Å². The molecule has 29 heavy (non-hydrogen) atoms. The predicted molar refractivity (Wildman–Crippen MR) is 119 cm³/mol. The summed E-state index contributed by atoms with van der Waals surface area (Å²) >= 11 is 3.46. The van der Waals surface area contributed by atoms with Gasteiger partial charge in [-0.3, -0.25) is 9.59 Å². The van der Waals surface area contributed by atoms with E-state index in [0.717, 1.165) is 15.6 Å². The maximum atomic E-state index is 13.0. The molecule has 6 heteroatoms. The fourth-order valence-corrected chi connectivity index (χ4v) is 3.28. The van der Waals surface area contributed by atoms with Crippen LogP contribution in [0.3, 0.4) is 0 Å². The summed E-state index contributed by atoms with van der Waals surface area (Å²) in [5.41, 5.74) is 1.50. The summed E-state index contributed by atoms with van der Waals surface area (Å²) in [6.07, 6.45) is 0. The van der Waals surface area contributed by atoms with Gasteiger partial charge < -0.3 is 15.0 Å². The van der Waals surface area contributed by atoms with E-state index in [1.807, 2.05) is 76.2 Å². The molecule has 0 bridgehead atoms. The molecule has 2 aromatic carbocycles. The Morgan fingerprint density at radius 2 is 1.83 bits per heavy atom. The van der Waals surface area contributed by atoms with Crippen molar-refractivity contribution in [2.24, 2.45) is 0 Å². The molecule has 2 aromatic rings. The highest BCUT2D eigenvalue weighted by Crippen LogP contribution is 2.18. The number of hydrogen-bond donors (Lipinski definition) is 1. The van der Waals surface area contributed by atoms with E-state index in [1.165, 1.54) is 0 Å². The zero-order chi connectivity index (χ0) is 21.6. The second kappa shape index (κ2) is 9.92. The van der Waals surface area contributed by atoms with Crippen molar-refractivity contribution in [3.05, 3.63) is 64.1 Å². The molecule has 1 unspecified atom stereocenters. The van der Waals surface area contributed by atoms with Crippen LogP contribution in [0.1, 0.15) is 38.8 Å². The highest BCUT2D eigenvalue weighted by atomic mass is 79.9. The third-order valence-electron chi connectivity index (χ3n) is 4.35. The second-order valence-corrected chi connectivity index (χ2v) is 9.04. The summed E-state index contributed by atoms with van der Waals surface area (Å²) in [5, 5.41) is 2.95. The van der Waals surface area contributed by atoms with Crippen molar-refractivity contribution in [3.63, 3.8) is 0 Å². The average Bonchev–Trinajstić information content (AvgIpc) is 2.63. The van der Waals surface area contributed by atoms with Crippen LogP contribution in [0.4, 0.5) is 0 Å². The van der Waals surface area contributed by atoms with Gasteiger partial charge in [0.1, 0.15) is 11.8 Å². The van der Waals surface area contributed by atoms with Gasteiger partial charge in [-0.25, -0.2) is 0 Å². The van der Waals surface area contributed by atoms with Gasteiger partial charge in [0.05, 0.1) is 0 Å². The molecule has 156 valence electrons. The average molecular weight is 461 g/mol. The SMILES string of the molecule is Cc1ccccc1OCC(=O)N(Cc1cccc(Br)c1)C(C)C(=O)NC(C)(C)C. The first kappa shape index (κ1) is 22.9. The van der Waals surface area contributed by atoms with Crippen molar-refractivity contribution in [3.8, 4) is 5.75 Å². The van der Waals surface area contributed by atoms with E-state index in [-0.39, 0.29) is 24.0 Å². The molecule has 1 N–H and O–H groups in total. The maximum Gasteiger partial charge on any atom is 0.261 e. The number of nitrogens with one attached hydrogen (secondary N) is 1. The Balaban J connectivity index is 2.19. The van der Waals surface area contributed by atoms with Crippen molar-refractivity contribution in [2.75, 3.05) is 6.61 Å².